The lowest BCUT2D eigenvalue weighted by atomic mass is 10.2. The van der Waals surface area contributed by atoms with Gasteiger partial charge in [-0.3, -0.25) is 14.9 Å². The molecular formula is C8H5NO5. The van der Waals surface area contributed by atoms with Crippen LogP contribution in [0.4, 0.5) is 5.69 Å². The molecule has 72 valence electrons. The number of ketones is 1. The summed E-state index contributed by atoms with van der Waals surface area (Å²) >= 11 is 0. The molecule has 0 spiro atoms. The van der Waals surface area contributed by atoms with Crippen molar-refractivity contribution >= 4 is 17.4 Å². The van der Waals surface area contributed by atoms with Crippen LogP contribution >= 0.6 is 0 Å². The molecule has 0 aliphatic heterocycles. The number of aliphatic carboxylic acids is 1. The van der Waals surface area contributed by atoms with E-state index in [1.165, 1.54) is 0 Å². The van der Waals surface area contributed by atoms with E-state index in [2.05, 4.69) is 0 Å². The molecule has 1 rings (SSSR count). The van der Waals surface area contributed by atoms with Gasteiger partial charge in [0.25, 0.3) is 11.5 Å². The van der Waals surface area contributed by atoms with Crippen molar-refractivity contribution in [3.8, 4) is 0 Å². The average Bonchev–Trinajstić information content (AvgIpc) is 2.29. The first-order chi connectivity index (χ1) is 8.20. The van der Waals surface area contributed by atoms with Crippen molar-refractivity contribution in [3.05, 3.63) is 39.8 Å². The largest absolute Gasteiger partial charge is 0.475 e. The highest BCUT2D eigenvalue weighted by Gasteiger charge is 2.23. The Labute approximate surface area is 83.6 Å². The molecule has 0 aliphatic rings. The summed E-state index contributed by atoms with van der Waals surface area (Å²) in [6.45, 7) is 0. The minimum absolute atomic E-state index is 0.907. The Hall–Kier alpha value is -2.24. The third-order valence-electron chi connectivity index (χ3n) is 1.27. The molecule has 0 aliphatic carbocycles. The van der Waals surface area contributed by atoms with Crippen LogP contribution in [0, 0.1) is 10.1 Å². The molecule has 1 aromatic rings. The van der Waals surface area contributed by atoms with Crippen molar-refractivity contribution in [2.24, 2.45) is 0 Å². The molecule has 14 heavy (non-hydrogen) atoms. The fourth-order valence-electron chi connectivity index (χ4n) is 0.714. The van der Waals surface area contributed by atoms with Gasteiger partial charge < -0.3 is 5.11 Å². The molecule has 6 nitrogen and oxygen atoms in total. The molecule has 0 saturated carbocycles. The first-order valence-electron chi connectivity index (χ1n) is 5.22. The lowest BCUT2D eigenvalue weighted by molar-refractivity contribution is -0.385. The Morgan fingerprint density at radius 3 is 2.50 bits per heavy atom. The van der Waals surface area contributed by atoms with Gasteiger partial charge in [0.2, 0.25) is 0 Å². The van der Waals surface area contributed by atoms with Crippen LogP contribution in [0.5, 0.6) is 0 Å². The van der Waals surface area contributed by atoms with Gasteiger partial charge in [0.15, 0.2) is 0 Å². The number of Topliss-reactive ketones (excluding diaryl/α,β-unsaturated/α-hetero) is 1. The Morgan fingerprint density at radius 2 is 2.00 bits per heavy atom. The van der Waals surface area contributed by atoms with E-state index in [0.29, 0.717) is 0 Å². The number of benzene rings is 1. The molecule has 0 saturated heterocycles. The summed E-state index contributed by atoms with van der Waals surface area (Å²) in [5, 5.41) is 19.2. The number of hydrogen-bond donors (Lipinski definition) is 1. The third-order valence-corrected chi connectivity index (χ3v) is 1.27. The molecule has 6 heteroatoms. The molecule has 1 N–H and O–H groups in total. The number of nitrogens with zero attached hydrogens (tertiary/aromatic N) is 1. The highest BCUT2D eigenvalue weighted by atomic mass is 16.6. The van der Waals surface area contributed by atoms with Crippen LogP contribution in [-0.2, 0) is 4.79 Å². The predicted octanol–water partition coefficient (Wildman–Crippen LogP) is 0.862. The van der Waals surface area contributed by atoms with Gasteiger partial charge in [-0.2, -0.15) is 0 Å². The number of carbonyl (C=O) groups is 2. The van der Waals surface area contributed by atoms with Crippen LogP contribution in [0.25, 0.3) is 0 Å². The fourth-order valence-corrected chi connectivity index (χ4v) is 0.714. The molecule has 0 radical (unpaired) electrons. The van der Waals surface area contributed by atoms with Gasteiger partial charge in [0.1, 0.15) is 5.56 Å². The monoisotopic (exact) mass is 201 g/mol. The summed E-state index contributed by atoms with van der Waals surface area (Å²) < 4.78 is 29.0. The summed E-state index contributed by atoms with van der Waals surface area (Å²) in [5.74, 6) is -3.79. The second-order valence-corrected chi connectivity index (χ2v) is 2.11. The number of nitro benzene ring substituents is 1. The summed E-state index contributed by atoms with van der Waals surface area (Å²) in [4.78, 5) is 31.2. The molecule has 0 bridgehead atoms. The lowest BCUT2D eigenvalue weighted by Gasteiger charge is -1.96. The summed E-state index contributed by atoms with van der Waals surface area (Å²) in [5.41, 5.74) is -2.40. The number of para-hydroxylation sites is 1. The van der Waals surface area contributed by atoms with E-state index < -0.39 is 52.1 Å². The number of rotatable bonds is 3. The van der Waals surface area contributed by atoms with Crippen LogP contribution in [0.15, 0.2) is 24.2 Å². The van der Waals surface area contributed by atoms with Crippen molar-refractivity contribution in [1.82, 2.24) is 0 Å². The summed E-state index contributed by atoms with van der Waals surface area (Å²) in [7, 11) is 0. The maximum atomic E-state index is 11.3. The Morgan fingerprint density at radius 1 is 1.43 bits per heavy atom. The third kappa shape index (κ3) is 1.74. The quantitative estimate of drug-likeness (QED) is 0.257. The van der Waals surface area contributed by atoms with Crippen molar-refractivity contribution < 1.29 is 25.1 Å². The van der Waals surface area contributed by atoms with E-state index in [1.54, 1.807) is 0 Å². The normalized spacial score (nSPS) is 13.4. The molecule has 0 fully saturated rings. The Kier molecular flexibility index (Phi) is 1.43. The van der Waals surface area contributed by atoms with Crippen molar-refractivity contribution in [1.29, 1.82) is 0 Å². The number of carbonyl (C=O) groups excluding carboxylic acids is 1. The second-order valence-electron chi connectivity index (χ2n) is 2.11. The van der Waals surface area contributed by atoms with Gasteiger partial charge in [-0.05, 0) is 6.04 Å². The lowest BCUT2D eigenvalue weighted by Crippen LogP contribution is -2.14. The Balaban J connectivity index is 3.84. The molecular weight excluding hydrogens is 192 g/mol. The van der Waals surface area contributed by atoms with E-state index in [4.69, 9.17) is 10.6 Å². The number of carboxylic acid groups (broad SMARTS) is 1. The standard InChI is InChI=1S/C8H5NO5/c10-7(8(11)12)5-3-1-2-4-6(5)9(13)14/h1-4H,(H,11,12)/i1D,2D,3D,4D,7+1,8+1. The SMILES string of the molecule is [2H]c1c([2H])c([2H])c([N+](=O)[O-])c([13C](=O)[13C](=O)O)c1[2H]. The maximum Gasteiger partial charge on any atom is 0.377 e. The van der Waals surface area contributed by atoms with E-state index in [-0.39, 0.29) is 0 Å². The zero-order valence-corrected chi connectivity index (χ0v) is 6.53. The number of carboxylic acids is 1. The van der Waals surface area contributed by atoms with E-state index >= 15 is 0 Å². The number of nitro groups is 1. The molecule has 0 unspecified atom stereocenters. The van der Waals surface area contributed by atoms with E-state index in [0.717, 1.165) is 0 Å². The van der Waals surface area contributed by atoms with Crippen LogP contribution < -0.4 is 0 Å². The second kappa shape index (κ2) is 3.65. The van der Waals surface area contributed by atoms with Gasteiger partial charge in [0.05, 0.1) is 10.4 Å². The highest BCUT2D eigenvalue weighted by molar-refractivity contribution is 6.40. The molecule has 0 heterocycles. The predicted molar refractivity (Wildman–Crippen MR) is 45.1 cm³/mol. The van der Waals surface area contributed by atoms with Crippen molar-refractivity contribution in [3.63, 3.8) is 0 Å². The summed E-state index contributed by atoms with van der Waals surface area (Å²) in [6, 6.07) is -3.93. The van der Waals surface area contributed by atoms with Crippen LogP contribution in [0.3, 0.4) is 0 Å². The molecule has 0 atom stereocenters. The maximum absolute atomic E-state index is 11.3. The fraction of sp³-hybridized carbons (Fsp3) is 0. The Bertz CT molecular complexity index is 586. The summed E-state index contributed by atoms with van der Waals surface area (Å²) in [6.07, 6.45) is 0. The van der Waals surface area contributed by atoms with E-state index in [1.807, 2.05) is 0 Å². The molecule has 1 aromatic carbocycles. The minimum atomic E-state index is -2.04. The van der Waals surface area contributed by atoms with Gasteiger partial charge in [0, 0.05) is 6.04 Å². The number of hydrogen-bond acceptors (Lipinski definition) is 4. The smallest absolute Gasteiger partial charge is 0.377 e. The highest BCUT2D eigenvalue weighted by Crippen LogP contribution is 2.17. The van der Waals surface area contributed by atoms with Gasteiger partial charge in [-0.25, -0.2) is 4.79 Å². The van der Waals surface area contributed by atoms with E-state index in [9.17, 15) is 19.7 Å². The van der Waals surface area contributed by atoms with Gasteiger partial charge >= 0.3 is 5.97 Å². The van der Waals surface area contributed by atoms with Gasteiger partial charge in [-0.1, -0.05) is 12.1 Å². The molecule has 0 aromatic heterocycles. The van der Waals surface area contributed by atoms with Gasteiger partial charge in [-0.15, -0.1) is 0 Å². The minimum Gasteiger partial charge on any atom is -0.475 e. The average molecular weight is 201 g/mol. The zero-order chi connectivity index (χ0) is 14.2. The first kappa shape index (κ1) is 5.48. The first-order valence-corrected chi connectivity index (χ1v) is 3.22. The molecule has 0 amide bonds. The van der Waals surface area contributed by atoms with Crippen molar-refractivity contribution in [2.75, 3.05) is 0 Å². The van der Waals surface area contributed by atoms with Crippen LogP contribution in [0.2, 0.25) is 0 Å². The zero-order valence-electron chi connectivity index (χ0n) is 10.5. The topological polar surface area (TPSA) is 97.5 Å². The van der Waals surface area contributed by atoms with Crippen LogP contribution in [-0.4, -0.2) is 21.8 Å². The van der Waals surface area contributed by atoms with Crippen molar-refractivity contribution in [2.45, 2.75) is 0 Å². The van der Waals surface area contributed by atoms with Crippen LogP contribution in [0.1, 0.15) is 15.8 Å².